The van der Waals surface area contributed by atoms with Crippen molar-refractivity contribution in [3.05, 3.63) is 72.2 Å². The van der Waals surface area contributed by atoms with E-state index in [-0.39, 0.29) is 11.9 Å². The number of carbonyl (C=O) groups is 1. The van der Waals surface area contributed by atoms with Crippen LogP contribution in [0.15, 0.2) is 60.9 Å². The Bertz CT molecular complexity index is 1260. The summed E-state index contributed by atoms with van der Waals surface area (Å²) in [4.78, 5) is 21.7. The highest BCUT2D eigenvalue weighted by molar-refractivity contribution is 6.04. The Morgan fingerprint density at radius 2 is 2.00 bits per heavy atom. The number of carbonyl (C=O) groups excluding carboxylic acids is 1. The summed E-state index contributed by atoms with van der Waals surface area (Å²) >= 11 is 0. The molecule has 0 unspecified atom stereocenters. The molecule has 0 spiro atoms. The van der Waals surface area contributed by atoms with Crippen molar-refractivity contribution < 1.29 is 9.53 Å². The van der Waals surface area contributed by atoms with Crippen molar-refractivity contribution in [3.63, 3.8) is 0 Å². The van der Waals surface area contributed by atoms with Gasteiger partial charge in [0.05, 0.1) is 5.39 Å². The Hall–Kier alpha value is -3.78. The molecule has 1 aliphatic rings. The Morgan fingerprint density at radius 3 is 2.82 bits per heavy atom. The van der Waals surface area contributed by atoms with Crippen LogP contribution in [0.5, 0.6) is 5.88 Å². The zero-order chi connectivity index (χ0) is 22.6. The molecule has 0 radical (unpaired) electrons. The highest BCUT2D eigenvalue weighted by Crippen LogP contribution is 2.25. The molecule has 4 aromatic rings. The number of aryl methyl sites for hydroxylation is 1. The highest BCUT2D eigenvalue weighted by Gasteiger charge is 2.21. The quantitative estimate of drug-likeness (QED) is 0.477. The van der Waals surface area contributed by atoms with Crippen LogP contribution in [-0.2, 0) is 13.7 Å². The largest absolute Gasteiger partial charge is 0.473 e. The van der Waals surface area contributed by atoms with Crippen molar-refractivity contribution in [2.45, 2.75) is 25.5 Å². The third-order valence-corrected chi connectivity index (χ3v) is 5.92. The fraction of sp³-hybridized carbons (Fsp3) is 0.280. The van der Waals surface area contributed by atoms with E-state index in [1.54, 1.807) is 24.0 Å². The predicted octanol–water partition coefficient (Wildman–Crippen LogP) is 3.09. The van der Waals surface area contributed by atoms with E-state index in [1.807, 2.05) is 42.6 Å². The first kappa shape index (κ1) is 21.1. The number of amides is 1. The normalized spacial score (nSPS) is 14.3. The van der Waals surface area contributed by atoms with Gasteiger partial charge < -0.3 is 15.4 Å². The lowest BCUT2D eigenvalue weighted by Crippen LogP contribution is -2.42. The van der Waals surface area contributed by atoms with Gasteiger partial charge in [0.25, 0.3) is 5.91 Å². The van der Waals surface area contributed by atoms with Crippen molar-refractivity contribution in [3.8, 4) is 17.0 Å². The fourth-order valence-corrected chi connectivity index (χ4v) is 4.18. The van der Waals surface area contributed by atoms with Gasteiger partial charge in [0, 0.05) is 37.1 Å². The van der Waals surface area contributed by atoms with Gasteiger partial charge in [-0.3, -0.25) is 9.78 Å². The number of piperidine rings is 1. The number of ether oxygens (including phenoxy) is 1. The molecule has 3 aromatic heterocycles. The SMILES string of the molecule is Cn1nc(C(=O)NC2CCNCC2)c2ccc(OCc3ccccc3-c3cccnc3)nc21. The van der Waals surface area contributed by atoms with Crippen LogP contribution >= 0.6 is 0 Å². The number of nitrogens with one attached hydrogen (secondary N) is 2. The number of hydrogen-bond acceptors (Lipinski definition) is 6. The minimum absolute atomic E-state index is 0.159. The lowest BCUT2D eigenvalue weighted by Gasteiger charge is -2.23. The van der Waals surface area contributed by atoms with E-state index in [4.69, 9.17) is 4.74 Å². The molecular weight excluding hydrogens is 416 g/mol. The number of hydrogen-bond donors (Lipinski definition) is 2. The van der Waals surface area contributed by atoms with Crippen LogP contribution in [0.3, 0.4) is 0 Å². The number of fused-ring (bicyclic) bond motifs is 1. The maximum absolute atomic E-state index is 12.8. The molecule has 4 heterocycles. The van der Waals surface area contributed by atoms with Crippen LogP contribution in [-0.4, -0.2) is 44.8 Å². The van der Waals surface area contributed by atoms with E-state index < -0.39 is 0 Å². The highest BCUT2D eigenvalue weighted by atomic mass is 16.5. The monoisotopic (exact) mass is 442 g/mol. The average Bonchev–Trinajstić information content (AvgIpc) is 3.20. The third kappa shape index (κ3) is 4.56. The number of aromatic nitrogens is 4. The van der Waals surface area contributed by atoms with E-state index in [0.717, 1.165) is 42.6 Å². The number of nitrogens with zero attached hydrogens (tertiary/aromatic N) is 4. The van der Waals surface area contributed by atoms with E-state index >= 15 is 0 Å². The summed E-state index contributed by atoms with van der Waals surface area (Å²) < 4.78 is 7.66. The first-order valence-corrected chi connectivity index (χ1v) is 11.2. The van der Waals surface area contributed by atoms with Crippen molar-refractivity contribution >= 4 is 16.9 Å². The summed E-state index contributed by atoms with van der Waals surface area (Å²) in [7, 11) is 1.79. The molecule has 168 valence electrons. The van der Waals surface area contributed by atoms with Crippen LogP contribution in [0.2, 0.25) is 0 Å². The average molecular weight is 443 g/mol. The van der Waals surface area contributed by atoms with Crippen molar-refractivity contribution in [1.82, 2.24) is 30.4 Å². The van der Waals surface area contributed by atoms with Crippen LogP contribution in [0.25, 0.3) is 22.2 Å². The third-order valence-electron chi connectivity index (χ3n) is 5.92. The molecule has 1 aromatic carbocycles. The first-order valence-electron chi connectivity index (χ1n) is 11.2. The predicted molar refractivity (Wildman–Crippen MR) is 126 cm³/mol. The standard InChI is InChI=1S/C25H26N6O2/c1-31-24-21(23(30-31)25(32)28-19-10-13-26-14-11-19)8-9-22(29-24)33-16-18-5-2-3-7-20(18)17-6-4-12-27-15-17/h2-9,12,15,19,26H,10-11,13-14,16H2,1H3,(H,28,32). The molecule has 0 atom stereocenters. The summed E-state index contributed by atoms with van der Waals surface area (Å²) in [6, 6.07) is 15.9. The van der Waals surface area contributed by atoms with E-state index in [2.05, 4.69) is 31.8 Å². The number of pyridine rings is 2. The molecule has 33 heavy (non-hydrogen) atoms. The van der Waals surface area contributed by atoms with E-state index in [1.165, 1.54) is 0 Å². The smallest absolute Gasteiger partial charge is 0.272 e. The summed E-state index contributed by atoms with van der Waals surface area (Å²) in [5.41, 5.74) is 4.16. The first-order chi connectivity index (χ1) is 16.2. The van der Waals surface area contributed by atoms with E-state index in [9.17, 15) is 4.79 Å². The molecule has 8 heteroatoms. The lowest BCUT2D eigenvalue weighted by molar-refractivity contribution is 0.0925. The second kappa shape index (κ2) is 9.38. The maximum atomic E-state index is 12.8. The van der Waals surface area contributed by atoms with Crippen LogP contribution in [0, 0.1) is 0 Å². The van der Waals surface area contributed by atoms with Crippen LogP contribution < -0.4 is 15.4 Å². The molecule has 0 aliphatic carbocycles. The van der Waals surface area contributed by atoms with Gasteiger partial charge in [-0.1, -0.05) is 30.3 Å². The summed E-state index contributed by atoms with van der Waals surface area (Å²) in [6.07, 6.45) is 5.45. The van der Waals surface area contributed by atoms with E-state index in [0.29, 0.717) is 29.2 Å². The van der Waals surface area contributed by atoms with Gasteiger partial charge >= 0.3 is 0 Å². The Balaban J connectivity index is 1.34. The molecule has 5 rings (SSSR count). The second-order valence-corrected chi connectivity index (χ2v) is 8.18. The summed E-state index contributed by atoms with van der Waals surface area (Å²) in [5.74, 6) is 0.324. The molecule has 0 bridgehead atoms. The Morgan fingerprint density at radius 1 is 1.15 bits per heavy atom. The molecule has 8 nitrogen and oxygen atoms in total. The summed E-state index contributed by atoms with van der Waals surface area (Å²) in [6.45, 7) is 2.20. The molecule has 1 amide bonds. The molecule has 0 saturated carbocycles. The Kier molecular flexibility index (Phi) is 5.99. The zero-order valence-electron chi connectivity index (χ0n) is 18.5. The van der Waals surface area contributed by atoms with Gasteiger partial charge in [0.2, 0.25) is 5.88 Å². The Labute approximate surface area is 192 Å². The minimum Gasteiger partial charge on any atom is -0.473 e. The molecule has 1 fully saturated rings. The van der Waals surface area contributed by atoms with Crippen molar-refractivity contribution in [2.75, 3.05) is 13.1 Å². The topological polar surface area (TPSA) is 94.0 Å². The van der Waals surface area contributed by atoms with Gasteiger partial charge in [0.15, 0.2) is 11.3 Å². The van der Waals surface area contributed by atoms with Gasteiger partial charge in [-0.25, -0.2) is 4.68 Å². The van der Waals surface area contributed by atoms with Gasteiger partial charge in [-0.15, -0.1) is 0 Å². The zero-order valence-corrected chi connectivity index (χ0v) is 18.5. The van der Waals surface area contributed by atoms with Crippen molar-refractivity contribution in [1.29, 1.82) is 0 Å². The van der Waals surface area contributed by atoms with Gasteiger partial charge in [-0.2, -0.15) is 10.1 Å². The van der Waals surface area contributed by atoms with Crippen LogP contribution in [0.1, 0.15) is 28.9 Å². The van der Waals surface area contributed by atoms with Crippen LogP contribution in [0.4, 0.5) is 0 Å². The van der Waals surface area contributed by atoms with Gasteiger partial charge in [0.1, 0.15) is 6.61 Å². The molecular formula is C25H26N6O2. The molecule has 1 saturated heterocycles. The second-order valence-electron chi connectivity index (χ2n) is 8.18. The molecule has 2 N–H and O–H groups in total. The minimum atomic E-state index is -0.159. The van der Waals surface area contributed by atoms with Crippen molar-refractivity contribution in [2.24, 2.45) is 7.05 Å². The summed E-state index contributed by atoms with van der Waals surface area (Å²) in [5, 5.41) is 11.6. The molecule has 1 aliphatic heterocycles. The van der Waals surface area contributed by atoms with Gasteiger partial charge in [-0.05, 0) is 49.2 Å². The number of rotatable bonds is 6. The number of benzene rings is 1. The maximum Gasteiger partial charge on any atom is 0.272 e. The fourth-order valence-electron chi connectivity index (χ4n) is 4.18. The lowest BCUT2D eigenvalue weighted by atomic mass is 10.0.